The van der Waals surface area contributed by atoms with Gasteiger partial charge in [0, 0.05) is 37.4 Å². The van der Waals surface area contributed by atoms with E-state index in [1.807, 2.05) is 35.2 Å². The summed E-state index contributed by atoms with van der Waals surface area (Å²) in [7, 11) is 3.30. The van der Waals surface area contributed by atoms with Crippen molar-refractivity contribution in [2.24, 2.45) is 5.92 Å². The Hall–Kier alpha value is -4.44. The molecule has 3 aromatic rings. The molecular formula is C29H33N7O3. The van der Waals surface area contributed by atoms with E-state index in [9.17, 15) is 9.59 Å². The van der Waals surface area contributed by atoms with Crippen molar-refractivity contribution in [2.75, 3.05) is 48.9 Å². The maximum absolute atomic E-state index is 13.3. The average Bonchev–Trinajstić information content (AvgIpc) is 3.45. The Morgan fingerprint density at radius 2 is 2.08 bits per heavy atom. The van der Waals surface area contributed by atoms with E-state index in [1.165, 1.54) is 0 Å². The van der Waals surface area contributed by atoms with E-state index in [2.05, 4.69) is 27.5 Å². The van der Waals surface area contributed by atoms with E-state index in [-0.39, 0.29) is 23.8 Å². The summed E-state index contributed by atoms with van der Waals surface area (Å²) >= 11 is 0. The Kier molecular flexibility index (Phi) is 7.74. The van der Waals surface area contributed by atoms with E-state index in [0.29, 0.717) is 47.4 Å². The molecule has 1 aromatic heterocycles. The second-order valence-electron chi connectivity index (χ2n) is 9.67. The number of fused-ring (bicyclic) bond motifs is 1. The lowest BCUT2D eigenvalue weighted by Gasteiger charge is -2.25. The number of ether oxygens (including phenoxy) is 1. The SMILES string of the molecule is C=CCC1CN(c2ccccc2)c2nc(Nc3ccc(C(=O)N[C@H]4CCNC4)cc3OC)ncc2N(C)C1=O. The fourth-order valence-electron chi connectivity index (χ4n) is 4.95. The van der Waals surface area contributed by atoms with Gasteiger partial charge in [0.2, 0.25) is 11.9 Å². The zero-order valence-electron chi connectivity index (χ0n) is 22.2. The molecule has 39 heavy (non-hydrogen) atoms. The first kappa shape index (κ1) is 26.2. The second-order valence-corrected chi connectivity index (χ2v) is 9.67. The molecule has 3 N–H and O–H groups in total. The van der Waals surface area contributed by atoms with Gasteiger partial charge >= 0.3 is 0 Å². The number of nitrogens with one attached hydrogen (secondary N) is 3. The van der Waals surface area contributed by atoms with Gasteiger partial charge in [-0.05, 0) is 49.7 Å². The van der Waals surface area contributed by atoms with Crippen molar-refractivity contribution in [1.29, 1.82) is 0 Å². The molecule has 10 heteroatoms. The molecule has 2 aliphatic rings. The van der Waals surface area contributed by atoms with Crippen LogP contribution < -0.4 is 30.5 Å². The van der Waals surface area contributed by atoms with Crippen LogP contribution in [0.3, 0.4) is 0 Å². The highest BCUT2D eigenvalue weighted by molar-refractivity contribution is 6.00. The first-order valence-corrected chi connectivity index (χ1v) is 13.0. The molecule has 5 rings (SSSR count). The Balaban J connectivity index is 1.46. The summed E-state index contributed by atoms with van der Waals surface area (Å²) in [6.45, 7) is 5.97. The number of nitrogens with zero attached hydrogens (tertiary/aromatic N) is 4. The van der Waals surface area contributed by atoms with Crippen molar-refractivity contribution in [1.82, 2.24) is 20.6 Å². The molecule has 2 aliphatic heterocycles. The number of amides is 2. The molecule has 3 heterocycles. The smallest absolute Gasteiger partial charge is 0.251 e. The van der Waals surface area contributed by atoms with Crippen LogP contribution in [-0.2, 0) is 4.79 Å². The monoisotopic (exact) mass is 527 g/mol. The van der Waals surface area contributed by atoms with Gasteiger partial charge in [-0.2, -0.15) is 4.98 Å². The fourth-order valence-corrected chi connectivity index (χ4v) is 4.95. The van der Waals surface area contributed by atoms with Crippen molar-refractivity contribution in [3.05, 3.63) is 72.9 Å². The zero-order chi connectivity index (χ0) is 27.4. The summed E-state index contributed by atoms with van der Waals surface area (Å²) in [5.74, 6) is 1.01. The Morgan fingerprint density at radius 3 is 2.79 bits per heavy atom. The van der Waals surface area contributed by atoms with Gasteiger partial charge in [0.25, 0.3) is 5.91 Å². The molecule has 1 saturated heterocycles. The molecule has 2 amide bonds. The number of methoxy groups -OCH3 is 1. The first-order valence-electron chi connectivity index (χ1n) is 13.0. The summed E-state index contributed by atoms with van der Waals surface area (Å²) in [4.78, 5) is 39.0. The van der Waals surface area contributed by atoms with Crippen LogP contribution in [0.2, 0.25) is 0 Å². The molecule has 1 fully saturated rings. The number of aromatic nitrogens is 2. The van der Waals surface area contributed by atoms with E-state index >= 15 is 0 Å². The highest BCUT2D eigenvalue weighted by Gasteiger charge is 2.33. The van der Waals surface area contributed by atoms with Crippen molar-refractivity contribution < 1.29 is 14.3 Å². The van der Waals surface area contributed by atoms with Gasteiger partial charge in [-0.15, -0.1) is 6.58 Å². The lowest BCUT2D eigenvalue weighted by molar-refractivity contribution is -0.121. The fraction of sp³-hybridized carbons (Fsp3) is 0.310. The quantitative estimate of drug-likeness (QED) is 0.381. The van der Waals surface area contributed by atoms with E-state index in [1.54, 1.807) is 49.5 Å². The number of allylic oxidation sites excluding steroid dienone is 1. The molecule has 0 radical (unpaired) electrons. The molecule has 0 aliphatic carbocycles. The summed E-state index contributed by atoms with van der Waals surface area (Å²) < 4.78 is 5.59. The van der Waals surface area contributed by atoms with Crippen LogP contribution in [0.15, 0.2) is 67.4 Å². The summed E-state index contributed by atoms with van der Waals surface area (Å²) in [5.41, 5.74) is 2.66. The topological polar surface area (TPSA) is 112 Å². The van der Waals surface area contributed by atoms with Crippen LogP contribution in [0.25, 0.3) is 0 Å². The largest absolute Gasteiger partial charge is 0.495 e. The Morgan fingerprint density at radius 1 is 1.26 bits per heavy atom. The van der Waals surface area contributed by atoms with Crippen molar-refractivity contribution in [3.8, 4) is 5.75 Å². The maximum atomic E-state index is 13.3. The average molecular weight is 528 g/mol. The third-order valence-electron chi connectivity index (χ3n) is 7.07. The molecule has 0 bridgehead atoms. The minimum absolute atomic E-state index is 0.0113. The van der Waals surface area contributed by atoms with Crippen LogP contribution in [-0.4, -0.2) is 61.6 Å². The molecule has 0 spiro atoms. The van der Waals surface area contributed by atoms with E-state index in [4.69, 9.17) is 9.72 Å². The lowest BCUT2D eigenvalue weighted by atomic mass is 10.0. The Bertz CT molecular complexity index is 1360. The second kappa shape index (κ2) is 11.5. The minimum atomic E-state index is -0.280. The van der Waals surface area contributed by atoms with Gasteiger partial charge in [0.05, 0.1) is 24.9 Å². The standard InChI is InChI=1S/C29H33N7O3/c1-4-8-20-18-36(22-9-6-5-7-10-22)26-24(35(2)28(20)38)17-31-29(34-26)33-23-12-11-19(15-25(23)39-3)27(37)32-21-13-14-30-16-21/h4-7,9-12,15,17,20-21,30H,1,8,13-14,16,18H2,2-3H3,(H,32,37)(H,31,33,34)/t20?,21-/m0/s1. The van der Waals surface area contributed by atoms with Crippen LogP contribution in [0, 0.1) is 5.92 Å². The summed E-state index contributed by atoms with van der Waals surface area (Å²) in [6.07, 6.45) is 4.88. The summed E-state index contributed by atoms with van der Waals surface area (Å²) in [6, 6.07) is 15.2. The van der Waals surface area contributed by atoms with Crippen molar-refractivity contribution >= 4 is 40.6 Å². The van der Waals surface area contributed by atoms with Crippen LogP contribution >= 0.6 is 0 Å². The molecule has 2 aromatic carbocycles. The number of para-hydroxylation sites is 1. The van der Waals surface area contributed by atoms with Crippen molar-refractivity contribution in [2.45, 2.75) is 18.9 Å². The number of hydrogen-bond donors (Lipinski definition) is 3. The number of rotatable bonds is 8. The third-order valence-corrected chi connectivity index (χ3v) is 7.07. The normalized spacial score (nSPS) is 18.8. The maximum Gasteiger partial charge on any atom is 0.251 e. The van der Waals surface area contributed by atoms with Gasteiger partial charge in [-0.3, -0.25) is 9.59 Å². The molecule has 202 valence electrons. The number of carbonyl (C=O) groups excluding carboxylic acids is 2. The van der Waals surface area contributed by atoms with Gasteiger partial charge in [-0.25, -0.2) is 4.98 Å². The zero-order valence-corrected chi connectivity index (χ0v) is 22.2. The number of carbonyl (C=O) groups is 2. The Labute approximate surface area is 228 Å². The molecular weight excluding hydrogens is 494 g/mol. The van der Waals surface area contributed by atoms with Gasteiger partial charge in [0.15, 0.2) is 5.82 Å². The van der Waals surface area contributed by atoms with Gasteiger partial charge in [-0.1, -0.05) is 24.3 Å². The minimum Gasteiger partial charge on any atom is -0.495 e. The first-order chi connectivity index (χ1) is 19.0. The third kappa shape index (κ3) is 5.56. The van der Waals surface area contributed by atoms with Gasteiger partial charge < -0.3 is 30.5 Å². The molecule has 10 nitrogen and oxygen atoms in total. The van der Waals surface area contributed by atoms with Crippen LogP contribution in [0.5, 0.6) is 5.75 Å². The molecule has 1 unspecified atom stereocenters. The number of anilines is 5. The molecule has 0 saturated carbocycles. The van der Waals surface area contributed by atoms with Crippen molar-refractivity contribution in [3.63, 3.8) is 0 Å². The predicted octanol–water partition coefficient (Wildman–Crippen LogP) is 3.63. The van der Waals surface area contributed by atoms with E-state index in [0.717, 1.165) is 25.2 Å². The predicted molar refractivity (Wildman–Crippen MR) is 152 cm³/mol. The van der Waals surface area contributed by atoms with Gasteiger partial charge in [0.1, 0.15) is 11.4 Å². The van der Waals surface area contributed by atoms with E-state index < -0.39 is 0 Å². The van der Waals surface area contributed by atoms with Crippen LogP contribution in [0.1, 0.15) is 23.2 Å². The summed E-state index contributed by atoms with van der Waals surface area (Å²) in [5, 5.41) is 9.53. The highest BCUT2D eigenvalue weighted by Crippen LogP contribution is 2.38. The highest BCUT2D eigenvalue weighted by atomic mass is 16.5. The van der Waals surface area contributed by atoms with Crippen LogP contribution in [0.4, 0.5) is 28.8 Å². The lowest BCUT2D eigenvalue weighted by Crippen LogP contribution is -2.36. The molecule has 2 atom stereocenters. The number of hydrogen-bond acceptors (Lipinski definition) is 8. The number of benzene rings is 2.